The molecule has 0 spiro atoms. The molecule has 0 aromatic heterocycles. The van der Waals surface area contributed by atoms with Crippen molar-refractivity contribution in [3.63, 3.8) is 0 Å². The van der Waals surface area contributed by atoms with E-state index in [2.05, 4.69) is 29.6 Å². The highest BCUT2D eigenvalue weighted by atomic mass is 16.2. The molecule has 6 nitrogen and oxygen atoms in total. The number of nitrogens with one attached hydrogen (secondary N) is 1. The third-order valence-corrected chi connectivity index (χ3v) is 6.89. The number of hydrogen-bond donors (Lipinski definition) is 1. The Morgan fingerprint density at radius 1 is 1.09 bits per heavy atom. The van der Waals surface area contributed by atoms with Crippen molar-refractivity contribution in [2.24, 2.45) is 11.3 Å². The van der Waals surface area contributed by atoms with E-state index in [1.54, 1.807) is 11.9 Å². The van der Waals surface area contributed by atoms with E-state index in [0.29, 0.717) is 32.5 Å². The predicted molar refractivity (Wildman–Crippen MR) is 128 cm³/mol. The Hall–Kier alpha value is -3.15. The Morgan fingerprint density at radius 2 is 1.79 bits per heavy atom. The van der Waals surface area contributed by atoms with Crippen molar-refractivity contribution < 1.29 is 14.4 Å². The van der Waals surface area contributed by atoms with Crippen LogP contribution in [0.4, 0.5) is 0 Å². The van der Waals surface area contributed by atoms with Gasteiger partial charge in [-0.1, -0.05) is 54.6 Å². The Kier molecular flexibility index (Phi) is 6.54. The van der Waals surface area contributed by atoms with Gasteiger partial charge < -0.3 is 15.1 Å². The molecule has 33 heavy (non-hydrogen) atoms. The fourth-order valence-corrected chi connectivity index (χ4v) is 5.11. The van der Waals surface area contributed by atoms with E-state index in [-0.39, 0.29) is 36.1 Å². The highest BCUT2D eigenvalue weighted by Gasteiger charge is 2.48. The summed E-state index contributed by atoms with van der Waals surface area (Å²) in [5.41, 5.74) is 2.64. The topological polar surface area (TPSA) is 69.7 Å². The summed E-state index contributed by atoms with van der Waals surface area (Å²) in [7, 11) is 1.74. The zero-order valence-electron chi connectivity index (χ0n) is 19.7. The lowest BCUT2D eigenvalue weighted by molar-refractivity contribution is -0.136. The number of carbonyl (C=O) groups excluding carboxylic acids is 3. The largest absolute Gasteiger partial charge is 0.353 e. The molecule has 0 unspecified atom stereocenters. The molecule has 0 radical (unpaired) electrons. The molecule has 2 aromatic carbocycles. The summed E-state index contributed by atoms with van der Waals surface area (Å²) in [5, 5.41) is 3.11. The Balaban J connectivity index is 1.62. The zero-order chi connectivity index (χ0) is 23.6. The third-order valence-electron chi connectivity index (χ3n) is 6.89. The van der Waals surface area contributed by atoms with Crippen molar-refractivity contribution in [2.45, 2.75) is 39.2 Å². The van der Waals surface area contributed by atoms with Gasteiger partial charge in [0.1, 0.15) is 0 Å². The standard InChI is InChI=1S/C27H33N3O3/c1-19(2)28-26(33)27(13-14-30(18-27)25(32)22-15-24(31)29(3)17-22)16-21-11-7-8-12-23(21)20-9-5-4-6-10-20/h4-12,19,22H,13-18H2,1-3H3,(H,28,33)/t22-,27+/m1/s1. The van der Waals surface area contributed by atoms with E-state index in [4.69, 9.17) is 0 Å². The van der Waals surface area contributed by atoms with E-state index < -0.39 is 5.41 Å². The Bertz CT molecular complexity index is 1040. The molecule has 2 atom stereocenters. The second-order valence-corrected chi connectivity index (χ2v) is 9.79. The van der Waals surface area contributed by atoms with Crippen LogP contribution in [0.25, 0.3) is 11.1 Å². The number of hydrogen-bond acceptors (Lipinski definition) is 3. The summed E-state index contributed by atoms with van der Waals surface area (Å²) in [5.74, 6) is -0.324. The molecule has 0 saturated carbocycles. The van der Waals surface area contributed by atoms with Gasteiger partial charge in [-0.15, -0.1) is 0 Å². The molecule has 2 heterocycles. The second-order valence-electron chi connectivity index (χ2n) is 9.79. The SMILES string of the molecule is CC(C)NC(=O)[C@]1(Cc2ccccc2-c2ccccc2)CCN(C(=O)[C@@H]2CC(=O)N(C)C2)C1. The minimum absolute atomic E-state index is 0.00437. The van der Waals surface area contributed by atoms with E-state index >= 15 is 0 Å². The average Bonchev–Trinajstić information content (AvgIpc) is 3.38. The Morgan fingerprint density at radius 3 is 2.45 bits per heavy atom. The average molecular weight is 448 g/mol. The number of nitrogens with zero attached hydrogens (tertiary/aromatic N) is 2. The first kappa shape index (κ1) is 23.0. The lowest BCUT2D eigenvalue weighted by atomic mass is 9.78. The van der Waals surface area contributed by atoms with Gasteiger partial charge in [-0.05, 0) is 43.4 Å². The van der Waals surface area contributed by atoms with E-state index in [0.717, 1.165) is 16.7 Å². The highest BCUT2D eigenvalue weighted by Crippen LogP contribution is 2.38. The van der Waals surface area contributed by atoms with Crippen molar-refractivity contribution >= 4 is 17.7 Å². The zero-order valence-corrected chi connectivity index (χ0v) is 19.7. The number of benzene rings is 2. The van der Waals surface area contributed by atoms with Gasteiger partial charge in [-0.25, -0.2) is 0 Å². The fourth-order valence-electron chi connectivity index (χ4n) is 5.11. The maximum Gasteiger partial charge on any atom is 0.228 e. The smallest absolute Gasteiger partial charge is 0.228 e. The van der Waals surface area contributed by atoms with Gasteiger partial charge in [0.15, 0.2) is 0 Å². The minimum Gasteiger partial charge on any atom is -0.353 e. The fraction of sp³-hybridized carbons (Fsp3) is 0.444. The summed E-state index contributed by atoms with van der Waals surface area (Å²) in [6.45, 7) is 5.28. The highest BCUT2D eigenvalue weighted by molar-refractivity contribution is 5.91. The molecule has 4 rings (SSSR count). The van der Waals surface area contributed by atoms with Gasteiger partial charge >= 0.3 is 0 Å². The number of rotatable bonds is 6. The monoisotopic (exact) mass is 447 g/mol. The van der Waals surface area contributed by atoms with Gasteiger partial charge in [0, 0.05) is 39.1 Å². The van der Waals surface area contributed by atoms with Gasteiger partial charge in [0.25, 0.3) is 0 Å². The maximum absolute atomic E-state index is 13.5. The van der Waals surface area contributed by atoms with Crippen LogP contribution in [0, 0.1) is 11.3 Å². The predicted octanol–water partition coefficient (Wildman–Crippen LogP) is 3.12. The summed E-state index contributed by atoms with van der Waals surface area (Å²) >= 11 is 0. The third kappa shape index (κ3) is 4.80. The summed E-state index contributed by atoms with van der Waals surface area (Å²) < 4.78 is 0. The molecular weight excluding hydrogens is 414 g/mol. The van der Waals surface area contributed by atoms with E-state index in [1.807, 2.05) is 49.1 Å². The molecule has 174 valence electrons. The first-order valence-corrected chi connectivity index (χ1v) is 11.8. The van der Waals surface area contributed by atoms with Crippen LogP contribution >= 0.6 is 0 Å². The van der Waals surface area contributed by atoms with Crippen LogP contribution in [0.1, 0.15) is 32.3 Å². The first-order chi connectivity index (χ1) is 15.8. The first-order valence-electron chi connectivity index (χ1n) is 11.8. The molecule has 2 saturated heterocycles. The van der Waals surface area contributed by atoms with Crippen LogP contribution in [0.15, 0.2) is 54.6 Å². The molecular formula is C27H33N3O3. The van der Waals surface area contributed by atoms with Crippen molar-refractivity contribution in [3.8, 4) is 11.1 Å². The molecule has 0 bridgehead atoms. The quantitative estimate of drug-likeness (QED) is 0.740. The van der Waals surface area contributed by atoms with Crippen LogP contribution in [0.5, 0.6) is 0 Å². The van der Waals surface area contributed by atoms with Gasteiger partial charge in [-0.3, -0.25) is 14.4 Å². The molecule has 1 N–H and O–H groups in total. The van der Waals surface area contributed by atoms with Gasteiger partial charge in [0.05, 0.1) is 11.3 Å². The minimum atomic E-state index is -0.695. The van der Waals surface area contributed by atoms with E-state index in [9.17, 15) is 14.4 Å². The van der Waals surface area contributed by atoms with Crippen molar-refractivity contribution in [1.29, 1.82) is 0 Å². The van der Waals surface area contributed by atoms with Crippen molar-refractivity contribution in [3.05, 3.63) is 60.2 Å². The number of likely N-dealkylation sites (tertiary alicyclic amines) is 2. The van der Waals surface area contributed by atoms with Crippen LogP contribution in [-0.4, -0.2) is 60.2 Å². The molecule has 6 heteroatoms. The van der Waals surface area contributed by atoms with Crippen LogP contribution in [-0.2, 0) is 20.8 Å². The summed E-state index contributed by atoms with van der Waals surface area (Å²) in [6.07, 6.45) is 1.43. The van der Waals surface area contributed by atoms with Gasteiger partial charge in [-0.2, -0.15) is 0 Å². The van der Waals surface area contributed by atoms with Crippen LogP contribution in [0.2, 0.25) is 0 Å². The molecule has 2 aromatic rings. The lowest BCUT2D eigenvalue weighted by Gasteiger charge is -2.30. The number of amides is 3. The Labute approximate surface area is 196 Å². The molecule has 2 aliphatic heterocycles. The molecule has 2 fully saturated rings. The summed E-state index contributed by atoms with van der Waals surface area (Å²) in [4.78, 5) is 42.1. The lowest BCUT2D eigenvalue weighted by Crippen LogP contribution is -2.48. The van der Waals surface area contributed by atoms with Crippen molar-refractivity contribution in [2.75, 3.05) is 26.7 Å². The summed E-state index contributed by atoms with van der Waals surface area (Å²) in [6, 6.07) is 18.4. The molecule has 0 aliphatic carbocycles. The second kappa shape index (κ2) is 9.38. The number of carbonyl (C=O) groups is 3. The van der Waals surface area contributed by atoms with Crippen molar-refractivity contribution in [1.82, 2.24) is 15.1 Å². The normalized spacial score (nSPS) is 22.8. The van der Waals surface area contributed by atoms with Crippen LogP contribution in [0.3, 0.4) is 0 Å². The molecule has 3 amide bonds. The maximum atomic E-state index is 13.5. The van der Waals surface area contributed by atoms with Crippen LogP contribution < -0.4 is 5.32 Å². The van der Waals surface area contributed by atoms with Gasteiger partial charge in [0.2, 0.25) is 17.7 Å². The molecule has 2 aliphatic rings. The van der Waals surface area contributed by atoms with E-state index in [1.165, 1.54) is 0 Å².